The van der Waals surface area contributed by atoms with Gasteiger partial charge in [-0.3, -0.25) is 5.32 Å². The van der Waals surface area contributed by atoms with Crippen LogP contribution in [0, 0.1) is 13.8 Å². The quantitative estimate of drug-likeness (QED) is 0.598. The number of nitrogens with one attached hydrogen (secondary N) is 2. The van der Waals surface area contributed by atoms with Crippen LogP contribution in [0.4, 0.5) is 10.7 Å². The minimum Gasteiger partial charge on any atom is -0.481 e. The van der Waals surface area contributed by atoms with Gasteiger partial charge in [0.2, 0.25) is 27.7 Å². The molecule has 0 spiro atoms. The maximum Gasteiger partial charge on any atom is 0.336 e. The maximum absolute atomic E-state index is 12.4. The summed E-state index contributed by atoms with van der Waals surface area (Å²) in [7, 11) is -1.53. The molecule has 1 aromatic heterocycles. The lowest BCUT2D eigenvalue weighted by Gasteiger charge is -2.14. The number of carbonyl (C=O) groups excluding carboxylic acids is 1. The average molecular weight is 424 g/mol. The van der Waals surface area contributed by atoms with E-state index in [0.717, 1.165) is 5.56 Å². The molecule has 11 nitrogen and oxygen atoms in total. The normalized spacial score (nSPS) is 10.9. The standard InChI is InChI=1S/C17H20N4O7S/c1-9-5-6-11(15(22)23)12(10(9)2)8-29(25,26)21-17(24)20-16-18-13(27-3)7-14(19-16)28-4/h5-7H,8H2,1-4H3,(H,22,23)(H2,18,19,20,21,24). The molecule has 2 aromatic rings. The van der Waals surface area contributed by atoms with E-state index >= 15 is 0 Å². The zero-order valence-corrected chi connectivity index (χ0v) is 17.0. The molecule has 2 amide bonds. The lowest BCUT2D eigenvalue weighted by molar-refractivity contribution is 0.0696. The Hall–Kier alpha value is -3.41. The molecular formula is C17H20N4O7S. The molecule has 2 rings (SSSR count). The molecule has 1 heterocycles. The molecule has 3 N–H and O–H groups in total. The van der Waals surface area contributed by atoms with E-state index < -0.39 is 27.8 Å². The molecular weight excluding hydrogens is 404 g/mol. The molecule has 0 aliphatic rings. The highest BCUT2D eigenvalue weighted by Gasteiger charge is 2.22. The number of aryl methyl sites for hydroxylation is 1. The Morgan fingerprint density at radius 2 is 1.69 bits per heavy atom. The summed E-state index contributed by atoms with van der Waals surface area (Å²) >= 11 is 0. The van der Waals surface area contributed by atoms with E-state index in [1.165, 1.54) is 26.4 Å². The number of sulfonamides is 1. The number of benzene rings is 1. The Morgan fingerprint density at radius 3 is 2.21 bits per heavy atom. The third-order valence-corrected chi connectivity index (χ3v) is 5.17. The number of rotatable bonds is 7. The summed E-state index contributed by atoms with van der Waals surface area (Å²) < 4.78 is 36.6. The van der Waals surface area contributed by atoms with Gasteiger partial charge in [0.05, 0.1) is 31.6 Å². The summed E-state index contributed by atoms with van der Waals surface area (Å²) in [5.41, 5.74) is 1.18. The second-order valence-corrected chi connectivity index (χ2v) is 7.65. The molecule has 29 heavy (non-hydrogen) atoms. The summed E-state index contributed by atoms with van der Waals surface area (Å²) in [5.74, 6) is -2.02. The van der Waals surface area contributed by atoms with Crippen LogP contribution in [0.15, 0.2) is 18.2 Å². The van der Waals surface area contributed by atoms with Crippen molar-refractivity contribution in [3.8, 4) is 11.8 Å². The number of nitrogens with zero attached hydrogens (tertiary/aromatic N) is 2. The van der Waals surface area contributed by atoms with E-state index in [1.54, 1.807) is 19.9 Å². The van der Waals surface area contributed by atoms with Crippen LogP contribution in [0.5, 0.6) is 11.8 Å². The third kappa shape index (κ3) is 5.54. The second-order valence-electron chi connectivity index (χ2n) is 5.93. The van der Waals surface area contributed by atoms with E-state index in [4.69, 9.17) is 9.47 Å². The molecule has 0 fully saturated rings. The van der Waals surface area contributed by atoms with Gasteiger partial charge < -0.3 is 14.6 Å². The molecule has 0 aliphatic heterocycles. The minimum absolute atomic E-state index is 0.0940. The number of carbonyl (C=O) groups is 2. The van der Waals surface area contributed by atoms with Gasteiger partial charge in [0, 0.05) is 0 Å². The molecule has 0 bridgehead atoms. The van der Waals surface area contributed by atoms with Crippen LogP contribution in [-0.2, 0) is 15.8 Å². The van der Waals surface area contributed by atoms with Crippen molar-refractivity contribution in [2.45, 2.75) is 19.6 Å². The van der Waals surface area contributed by atoms with Crippen molar-refractivity contribution < 1.29 is 32.6 Å². The highest BCUT2D eigenvalue weighted by Crippen LogP contribution is 2.21. The predicted molar refractivity (Wildman–Crippen MR) is 103 cm³/mol. The first-order valence-electron chi connectivity index (χ1n) is 8.17. The molecule has 156 valence electrons. The van der Waals surface area contributed by atoms with Crippen molar-refractivity contribution in [2.24, 2.45) is 0 Å². The Balaban J connectivity index is 2.21. The Morgan fingerprint density at radius 1 is 1.10 bits per heavy atom. The Kier molecular flexibility index (Phi) is 6.59. The molecule has 0 aliphatic carbocycles. The molecule has 1 aromatic carbocycles. The van der Waals surface area contributed by atoms with E-state index in [0.29, 0.717) is 5.56 Å². The molecule has 12 heteroatoms. The number of urea groups is 1. The van der Waals surface area contributed by atoms with Gasteiger partial charge in [-0.15, -0.1) is 0 Å². The van der Waals surface area contributed by atoms with Gasteiger partial charge >= 0.3 is 12.0 Å². The van der Waals surface area contributed by atoms with Crippen molar-refractivity contribution in [1.29, 1.82) is 0 Å². The SMILES string of the molecule is COc1cc(OC)nc(NC(=O)NS(=O)(=O)Cc2c(C(=O)O)ccc(C)c2C)n1. The number of ether oxygens (including phenoxy) is 2. The van der Waals surface area contributed by atoms with Crippen molar-refractivity contribution in [2.75, 3.05) is 19.5 Å². The van der Waals surface area contributed by atoms with Crippen molar-refractivity contribution in [3.05, 3.63) is 40.5 Å². The van der Waals surface area contributed by atoms with Crippen LogP contribution < -0.4 is 19.5 Å². The lowest BCUT2D eigenvalue weighted by Crippen LogP contribution is -2.36. The van der Waals surface area contributed by atoms with Crippen LogP contribution in [0.25, 0.3) is 0 Å². The first-order valence-corrected chi connectivity index (χ1v) is 9.82. The fraction of sp³-hybridized carbons (Fsp3) is 0.294. The third-order valence-electron chi connectivity index (χ3n) is 4.01. The van der Waals surface area contributed by atoms with Crippen LogP contribution in [-0.4, -0.2) is 49.7 Å². The highest BCUT2D eigenvalue weighted by molar-refractivity contribution is 7.89. The minimum atomic E-state index is -4.22. The van der Waals surface area contributed by atoms with Crippen LogP contribution >= 0.6 is 0 Å². The smallest absolute Gasteiger partial charge is 0.336 e. The van der Waals surface area contributed by atoms with Crippen LogP contribution in [0.2, 0.25) is 0 Å². The summed E-state index contributed by atoms with van der Waals surface area (Å²) in [4.78, 5) is 31.2. The molecule has 0 radical (unpaired) electrons. The number of carboxylic acids is 1. The van der Waals surface area contributed by atoms with Crippen LogP contribution in [0.3, 0.4) is 0 Å². The molecule has 0 saturated carbocycles. The van der Waals surface area contributed by atoms with E-state index in [2.05, 4.69) is 15.3 Å². The number of hydrogen-bond donors (Lipinski definition) is 3. The average Bonchev–Trinajstić information content (AvgIpc) is 2.64. The number of aromatic nitrogens is 2. The monoisotopic (exact) mass is 424 g/mol. The van der Waals surface area contributed by atoms with Crippen molar-refractivity contribution >= 4 is 28.0 Å². The fourth-order valence-electron chi connectivity index (χ4n) is 2.42. The summed E-state index contributed by atoms with van der Waals surface area (Å²) in [6, 6.07) is 3.16. The van der Waals surface area contributed by atoms with E-state index in [9.17, 15) is 23.1 Å². The van der Waals surface area contributed by atoms with Gasteiger partial charge in [0.15, 0.2) is 0 Å². The van der Waals surface area contributed by atoms with Gasteiger partial charge in [-0.25, -0.2) is 22.7 Å². The van der Waals surface area contributed by atoms with E-state index in [1.807, 2.05) is 4.72 Å². The zero-order valence-electron chi connectivity index (χ0n) is 16.1. The summed E-state index contributed by atoms with van der Waals surface area (Å²) in [6.45, 7) is 3.34. The Labute approximate surface area is 167 Å². The molecule has 0 saturated heterocycles. The van der Waals surface area contributed by atoms with Gasteiger partial charge in [0.1, 0.15) is 0 Å². The molecule has 0 unspecified atom stereocenters. The predicted octanol–water partition coefficient (Wildman–Crippen LogP) is 1.46. The van der Waals surface area contributed by atoms with Gasteiger partial charge in [-0.1, -0.05) is 6.07 Å². The number of carboxylic acid groups (broad SMARTS) is 1. The first kappa shape index (κ1) is 21.9. The highest BCUT2D eigenvalue weighted by atomic mass is 32.2. The van der Waals surface area contributed by atoms with Crippen LogP contribution in [0.1, 0.15) is 27.0 Å². The van der Waals surface area contributed by atoms with Gasteiger partial charge in [0.25, 0.3) is 0 Å². The number of hydrogen-bond acceptors (Lipinski definition) is 8. The van der Waals surface area contributed by atoms with Gasteiger partial charge in [-0.2, -0.15) is 9.97 Å². The lowest BCUT2D eigenvalue weighted by atomic mass is 9.99. The zero-order chi connectivity index (χ0) is 21.8. The van der Waals surface area contributed by atoms with Gasteiger partial charge in [-0.05, 0) is 36.6 Å². The van der Waals surface area contributed by atoms with E-state index in [-0.39, 0.29) is 28.8 Å². The molecule has 0 atom stereocenters. The number of methoxy groups -OCH3 is 2. The topological polar surface area (TPSA) is 157 Å². The number of amides is 2. The largest absolute Gasteiger partial charge is 0.481 e. The van der Waals surface area contributed by atoms with Crippen molar-refractivity contribution in [1.82, 2.24) is 14.7 Å². The number of aromatic carboxylic acids is 1. The number of anilines is 1. The summed E-state index contributed by atoms with van der Waals surface area (Å²) in [5, 5.41) is 11.5. The fourth-order valence-corrected chi connectivity index (χ4v) is 3.58. The maximum atomic E-state index is 12.4. The summed E-state index contributed by atoms with van der Waals surface area (Å²) in [6.07, 6.45) is 0. The Bertz CT molecular complexity index is 1030. The first-order chi connectivity index (χ1) is 13.6. The van der Waals surface area contributed by atoms with Crippen molar-refractivity contribution in [3.63, 3.8) is 0 Å². The second kappa shape index (κ2) is 8.73.